The van der Waals surface area contributed by atoms with Gasteiger partial charge in [-0.1, -0.05) is 36.0 Å². The minimum Gasteiger partial charge on any atom is -0.355 e. The van der Waals surface area contributed by atoms with Gasteiger partial charge in [0.15, 0.2) is 11.0 Å². The van der Waals surface area contributed by atoms with E-state index in [0.717, 1.165) is 28.2 Å². The van der Waals surface area contributed by atoms with Crippen LogP contribution >= 0.6 is 34.9 Å². The van der Waals surface area contributed by atoms with Gasteiger partial charge in [-0.15, -0.1) is 33.3 Å². The first-order valence-electron chi connectivity index (χ1n) is 8.32. The predicted molar refractivity (Wildman–Crippen MR) is 110 cm³/mol. The van der Waals surface area contributed by atoms with Crippen LogP contribution in [-0.2, 0) is 11.3 Å². The van der Waals surface area contributed by atoms with Crippen molar-refractivity contribution in [3.63, 3.8) is 0 Å². The lowest BCUT2D eigenvalue weighted by Crippen LogP contribution is -2.27. The molecule has 8 heteroatoms. The molecule has 0 aliphatic carbocycles. The highest BCUT2D eigenvalue weighted by molar-refractivity contribution is 7.99. The summed E-state index contributed by atoms with van der Waals surface area (Å²) in [6.45, 7) is 3.49. The normalized spacial score (nSPS) is 10.8. The third-order valence-electron chi connectivity index (χ3n) is 3.54. The first-order chi connectivity index (χ1) is 12.8. The Morgan fingerprint density at radius 3 is 2.73 bits per heavy atom. The van der Waals surface area contributed by atoms with Crippen molar-refractivity contribution in [2.75, 3.05) is 18.1 Å². The second-order valence-electron chi connectivity index (χ2n) is 5.33. The number of hydrogen-bond donors (Lipinski definition) is 1. The molecule has 1 N–H and O–H groups in total. The summed E-state index contributed by atoms with van der Waals surface area (Å²) in [4.78, 5) is 14.4. The van der Waals surface area contributed by atoms with Gasteiger partial charge in [0.2, 0.25) is 5.91 Å². The van der Waals surface area contributed by atoms with E-state index in [0.29, 0.717) is 12.3 Å². The smallest absolute Gasteiger partial charge is 0.230 e. The molecule has 0 fully saturated rings. The molecule has 2 aromatic heterocycles. The van der Waals surface area contributed by atoms with Crippen molar-refractivity contribution in [1.82, 2.24) is 20.1 Å². The number of nitrogens with one attached hydrogen (secondary N) is 1. The van der Waals surface area contributed by atoms with Crippen molar-refractivity contribution in [1.29, 1.82) is 0 Å². The molecular formula is C18H20N4OS3. The number of benzene rings is 1. The fourth-order valence-electron chi connectivity index (χ4n) is 2.33. The van der Waals surface area contributed by atoms with Crippen molar-refractivity contribution < 1.29 is 4.79 Å². The van der Waals surface area contributed by atoms with Gasteiger partial charge in [0, 0.05) is 23.7 Å². The maximum Gasteiger partial charge on any atom is 0.230 e. The number of hydrogen-bond acceptors (Lipinski definition) is 6. The molecule has 0 radical (unpaired) electrons. The van der Waals surface area contributed by atoms with Crippen LogP contribution in [0.2, 0.25) is 0 Å². The molecule has 0 saturated carbocycles. The Morgan fingerprint density at radius 2 is 2.00 bits per heavy atom. The van der Waals surface area contributed by atoms with E-state index in [1.165, 1.54) is 16.7 Å². The van der Waals surface area contributed by atoms with Gasteiger partial charge in [-0.25, -0.2) is 0 Å². The van der Waals surface area contributed by atoms with Gasteiger partial charge in [-0.3, -0.25) is 4.79 Å². The van der Waals surface area contributed by atoms with E-state index < -0.39 is 0 Å². The average Bonchev–Trinajstić information content (AvgIpc) is 3.33. The third-order valence-corrected chi connectivity index (χ3v) is 6.39. The van der Waals surface area contributed by atoms with Crippen LogP contribution in [0.3, 0.4) is 0 Å². The molecule has 136 valence electrons. The van der Waals surface area contributed by atoms with Crippen LogP contribution in [-0.4, -0.2) is 38.7 Å². The lowest BCUT2D eigenvalue weighted by molar-refractivity contribution is -0.118. The van der Waals surface area contributed by atoms with Crippen LogP contribution in [0.15, 0.2) is 57.9 Å². The first kappa shape index (κ1) is 19.0. The molecule has 0 aliphatic rings. The second kappa shape index (κ2) is 9.80. The number of carbonyl (C=O) groups excluding carboxylic acids is 1. The number of amides is 1. The number of nitrogens with zero attached hydrogens (tertiary/aromatic N) is 3. The summed E-state index contributed by atoms with van der Waals surface area (Å²) in [7, 11) is 0. The SMILES string of the molecule is CCn1c(SCC(=O)NCCSc2ccccc2)nnc1-c1cccs1. The largest absolute Gasteiger partial charge is 0.355 e. The van der Waals surface area contributed by atoms with Crippen molar-refractivity contribution in [2.24, 2.45) is 0 Å². The van der Waals surface area contributed by atoms with Gasteiger partial charge in [-0.2, -0.15) is 0 Å². The van der Waals surface area contributed by atoms with Crippen LogP contribution < -0.4 is 5.32 Å². The predicted octanol–water partition coefficient (Wildman–Crippen LogP) is 4.03. The lowest BCUT2D eigenvalue weighted by atomic mass is 10.4. The Balaban J connectivity index is 1.44. The molecule has 0 aliphatic heterocycles. The molecule has 3 aromatic rings. The minimum absolute atomic E-state index is 0.0204. The van der Waals surface area contributed by atoms with Gasteiger partial charge in [0.25, 0.3) is 0 Å². The maximum atomic E-state index is 12.1. The highest BCUT2D eigenvalue weighted by Crippen LogP contribution is 2.27. The van der Waals surface area contributed by atoms with Crippen LogP contribution in [0.1, 0.15) is 6.92 Å². The zero-order chi connectivity index (χ0) is 18.2. The molecular weight excluding hydrogens is 384 g/mol. The summed E-state index contributed by atoms with van der Waals surface area (Å²) in [6, 6.07) is 14.2. The Morgan fingerprint density at radius 1 is 1.15 bits per heavy atom. The van der Waals surface area contributed by atoms with Crippen LogP contribution in [0.4, 0.5) is 0 Å². The molecule has 2 heterocycles. The van der Waals surface area contributed by atoms with Crippen molar-refractivity contribution in [3.05, 3.63) is 47.8 Å². The summed E-state index contributed by atoms with van der Waals surface area (Å²) in [5.41, 5.74) is 0. The van der Waals surface area contributed by atoms with Gasteiger partial charge >= 0.3 is 0 Å². The van der Waals surface area contributed by atoms with Crippen molar-refractivity contribution in [3.8, 4) is 10.7 Å². The standard InChI is InChI=1S/C18H20N4OS3/c1-2-22-17(15-9-6-11-25-15)20-21-18(22)26-13-16(23)19-10-12-24-14-7-4-3-5-8-14/h3-9,11H,2,10,12-13H2,1H3,(H,19,23). The third kappa shape index (κ3) is 5.12. The van der Waals surface area contributed by atoms with E-state index in [4.69, 9.17) is 0 Å². The highest BCUT2D eigenvalue weighted by atomic mass is 32.2. The van der Waals surface area contributed by atoms with E-state index in [1.54, 1.807) is 23.1 Å². The first-order valence-corrected chi connectivity index (χ1v) is 11.2. The summed E-state index contributed by atoms with van der Waals surface area (Å²) < 4.78 is 2.05. The van der Waals surface area contributed by atoms with Gasteiger partial charge in [0.1, 0.15) is 0 Å². The molecule has 5 nitrogen and oxygen atoms in total. The number of aromatic nitrogens is 3. The molecule has 3 rings (SSSR count). The second-order valence-corrected chi connectivity index (χ2v) is 8.39. The molecule has 26 heavy (non-hydrogen) atoms. The zero-order valence-corrected chi connectivity index (χ0v) is 16.9. The van der Waals surface area contributed by atoms with Gasteiger partial charge in [0.05, 0.1) is 10.6 Å². The van der Waals surface area contributed by atoms with Crippen LogP contribution in [0.5, 0.6) is 0 Å². The Hall–Kier alpha value is -1.77. The number of carbonyl (C=O) groups is 1. The molecule has 0 atom stereocenters. The van der Waals surface area contributed by atoms with Crippen LogP contribution in [0, 0.1) is 0 Å². The van der Waals surface area contributed by atoms with E-state index in [2.05, 4.69) is 39.1 Å². The fraction of sp³-hybridized carbons (Fsp3) is 0.278. The summed E-state index contributed by atoms with van der Waals surface area (Å²) >= 11 is 4.81. The van der Waals surface area contributed by atoms with E-state index in [1.807, 2.05) is 35.7 Å². The summed E-state index contributed by atoms with van der Waals surface area (Å²) in [6.07, 6.45) is 0. The zero-order valence-electron chi connectivity index (χ0n) is 14.4. The van der Waals surface area contributed by atoms with E-state index in [9.17, 15) is 4.79 Å². The monoisotopic (exact) mass is 404 g/mol. The van der Waals surface area contributed by atoms with Gasteiger partial charge in [-0.05, 0) is 30.5 Å². The van der Waals surface area contributed by atoms with Crippen molar-refractivity contribution >= 4 is 40.8 Å². The fourth-order valence-corrected chi connectivity index (χ4v) is 4.66. The number of thiophene rings is 1. The number of rotatable bonds is 9. The minimum atomic E-state index is 0.0204. The molecule has 1 aromatic carbocycles. The maximum absolute atomic E-state index is 12.1. The van der Waals surface area contributed by atoms with Gasteiger partial charge < -0.3 is 9.88 Å². The Bertz CT molecular complexity index is 818. The summed E-state index contributed by atoms with van der Waals surface area (Å²) in [5.74, 6) is 2.09. The summed E-state index contributed by atoms with van der Waals surface area (Å²) in [5, 5.41) is 14.3. The average molecular weight is 405 g/mol. The molecule has 1 amide bonds. The van der Waals surface area contributed by atoms with E-state index >= 15 is 0 Å². The molecule has 0 saturated heterocycles. The van der Waals surface area contributed by atoms with Crippen molar-refractivity contribution in [2.45, 2.75) is 23.5 Å². The van der Waals surface area contributed by atoms with E-state index in [-0.39, 0.29) is 5.91 Å². The molecule has 0 bridgehead atoms. The Kier molecular flexibility index (Phi) is 7.16. The quantitative estimate of drug-likeness (QED) is 0.431. The molecule has 0 spiro atoms. The lowest BCUT2D eigenvalue weighted by Gasteiger charge is -2.07. The Labute approximate surface area is 165 Å². The van der Waals surface area contributed by atoms with Crippen LogP contribution in [0.25, 0.3) is 10.7 Å². The highest BCUT2D eigenvalue weighted by Gasteiger charge is 2.14. The molecule has 0 unspecified atom stereocenters. The number of thioether (sulfide) groups is 2. The topological polar surface area (TPSA) is 59.8 Å².